The molecule has 2 rings (SSSR count). The molecule has 1 saturated carbocycles. The lowest BCUT2D eigenvalue weighted by molar-refractivity contribution is -0.123. The molecule has 0 radical (unpaired) electrons. The third-order valence-corrected chi connectivity index (χ3v) is 4.84. The maximum absolute atomic E-state index is 11.7. The summed E-state index contributed by atoms with van der Waals surface area (Å²) < 4.78 is 5.47. The van der Waals surface area contributed by atoms with Gasteiger partial charge in [-0.05, 0) is 37.5 Å². The predicted octanol–water partition coefficient (Wildman–Crippen LogP) is 2.48. The number of nitrogens with one attached hydrogen (secondary N) is 1. The number of ether oxygens (including phenoxy) is 1. The first-order valence-electron chi connectivity index (χ1n) is 6.74. The van der Waals surface area contributed by atoms with Gasteiger partial charge in [-0.3, -0.25) is 4.79 Å². The molecular formula is C13H22BrNO2. The third kappa shape index (κ3) is 3.95. The first-order valence-corrected chi connectivity index (χ1v) is 7.86. The molecule has 1 N–H and O–H groups in total. The second-order valence-corrected chi connectivity index (χ2v) is 5.90. The molecule has 2 aliphatic rings. The molecule has 0 aromatic carbocycles. The van der Waals surface area contributed by atoms with E-state index < -0.39 is 0 Å². The van der Waals surface area contributed by atoms with Crippen LogP contribution in [0.5, 0.6) is 0 Å². The molecule has 1 amide bonds. The largest absolute Gasteiger partial charge is 0.378 e. The van der Waals surface area contributed by atoms with Crippen molar-refractivity contribution in [1.82, 2.24) is 5.32 Å². The molecule has 0 spiro atoms. The minimum Gasteiger partial charge on any atom is -0.378 e. The number of hydrogen-bond donors (Lipinski definition) is 1. The molecule has 98 valence electrons. The fourth-order valence-corrected chi connectivity index (χ4v) is 3.77. The first kappa shape index (κ1) is 13.3. The zero-order chi connectivity index (χ0) is 12.1. The number of halogens is 1. The molecule has 4 heteroatoms. The topological polar surface area (TPSA) is 38.3 Å². The van der Waals surface area contributed by atoms with Gasteiger partial charge in [0.2, 0.25) is 5.91 Å². The Hall–Kier alpha value is -0.0900. The van der Waals surface area contributed by atoms with Crippen molar-refractivity contribution >= 4 is 21.8 Å². The van der Waals surface area contributed by atoms with Crippen LogP contribution in [0.4, 0.5) is 0 Å². The smallest absolute Gasteiger partial charge is 0.222 e. The highest BCUT2D eigenvalue weighted by atomic mass is 79.9. The van der Waals surface area contributed by atoms with Crippen LogP contribution in [-0.4, -0.2) is 30.5 Å². The Morgan fingerprint density at radius 2 is 2.06 bits per heavy atom. The molecule has 2 fully saturated rings. The van der Waals surface area contributed by atoms with Crippen molar-refractivity contribution in [3.8, 4) is 0 Å². The molecule has 1 aliphatic heterocycles. The number of hydrogen-bond acceptors (Lipinski definition) is 2. The normalized spacial score (nSPS) is 32.9. The highest BCUT2D eigenvalue weighted by molar-refractivity contribution is 9.09. The van der Waals surface area contributed by atoms with Crippen LogP contribution in [0.1, 0.15) is 38.5 Å². The lowest BCUT2D eigenvalue weighted by atomic mass is 9.98. The molecule has 0 bridgehead atoms. The van der Waals surface area contributed by atoms with Crippen molar-refractivity contribution in [2.45, 2.75) is 44.6 Å². The fraction of sp³-hybridized carbons (Fsp3) is 0.923. The average Bonchev–Trinajstić information content (AvgIpc) is 2.96. The molecule has 17 heavy (non-hydrogen) atoms. The van der Waals surface area contributed by atoms with Crippen molar-refractivity contribution in [2.24, 2.45) is 11.8 Å². The second kappa shape index (κ2) is 6.74. The molecule has 0 aromatic rings. The lowest BCUT2D eigenvalue weighted by Gasteiger charge is -2.18. The zero-order valence-electron chi connectivity index (χ0n) is 10.3. The van der Waals surface area contributed by atoms with Crippen LogP contribution < -0.4 is 5.32 Å². The van der Waals surface area contributed by atoms with Crippen molar-refractivity contribution in [1.29, 1.82) is 0 Å². The number of rotatable bonds is 5. The summed E-state index contributed by atoms with van der Waals surface area (Å²) in [6.45, 7) is 1.67. The highest BCUT2D eigenvalue weighted by Gasteiger charge is 2.27. The standard InChI is InChI=1S/C13H22BrNO2/c14-8-10-3-1-4-11(10)9-15-13(16)7-12-5-2-6-17-12/h10-12H,1-9H2,(H,15,16). The summed E-state index contributed by atoms with van der Waals surface area (Å²) >= 11 is 3.56. The van der Waals surface area contributed by atoms with E-state index >= 15 is 0 Å². The van der Waals surface area contributed by atoms with Crippen LogP contribution >= 0.6 is 15.9 Å². The monoisotopic (exact) mass is 303 g/mol. The van der Waals surface area contributed by atoms with E-state index in [0.717, 1.165) is 37.2 Å². The Kier molecular flexibility index (Phi) is 5.29. The fourth-order valence-electron chi connectivity index (χ4n) is 2.91. The zero-order valence-corrected chi connectivity index (χ0v) is 11.9. The summed E-state index contributed by atoms with van der Waals surface area (Å²) in [6.07, 6.45) is 6.74. The van der Waals surface area contributed by atoms with Crippen LogP contribution in [0.25, 0.3) is 0 Å². The van der Waals surface area contributed by atoms with E-state index in [-0.39, 0.29) is 12.0 Å². The first-order chi connectivity index (χ1) is 8.29. The van der Waals surface area contributed by atoms with Crippen molar-refractivity contribution in [3.63, 3.8) is 0 Å². The van der Waals surface area contributed by atoms with Gasteiger partial charge in [-0.2, -0.15) is 0 Å². The van der Waals surface area contributed by atoms with E-state index in [0.29, 0.717) is 12.3 Å². The van der Waals surface area contributed by atoms with Crippen molar-refractivity contribution in [2.75, 3.05) is 18.5 Å². The average molecular weight is 304 g/mol. The molecule has 3 unspecified atom stereocenters. The van der Waals surface area contributed by atoms with Gasteiger partial charge in [0, 0.05) is 18.5 Å². The molecule has 3 atom stereocenters. The van der Waals surface area contributed by atoms with Crippen LogP contribution in [0.3, 0.4) is 0 Å². The van der Waals surface area contributed by atoms with Crippen LogP contribution in [0.2, 0.25) is 0 Å². The van der Waals surface area contributed by atoms with Gasteiger partial charge in [-0.25, -0.2) is 0 Å². The maximum Gasteiger partial charge on any atom is 0.222 e. The van der Waals surface area contributed by atoms with Gasteiger partial charge in [0.25, 0.3) is 0 Å². The van der Waals surface area contributed by atoms with Crippen LogP contribution in [0, 0.1) is 11.8 Å². The van der Waals surface area contributed by atoms with Crippen molar-refractivity contribution in [3.05, 3.63) is 0 Å². The quantitative estimate of drug-likeness (QED) is 0.793. The number of alkyl halides is 1. The van der Waals surface area contributed by atoms with E-state index in [2.05, 4.69) is 21.2 Å². The Morgan fingerprint density at radius 3 is 2.76 bits per heavy atom. The Labute approximate surface area is 112 Å². The molecule has 1 saturated heterocycles. The van der Waals surface area contributed by atoms with Gasteiger partial charge in [0.15, 0.2) is 0 Å². The number of carbonyl (C=O) groups excluding carboxylic acids is 1. The summed E-state index contributed by atoms with van der Waals surface area (Å²) in [6, 6.07) is 0. The van der Waals surface area contributed by atoms with Gasteiger partial charge in [-0.15, -0.1) is 0 Å². The minimum atomic E-state index is 0.164. The molecular weight excluding hydrogens is 282 g/mol. The SMILES string of the molecule is O=C(CC1CCCO1)NCC1CCCC1CBr. The van der Waals surface area contributed by atoms with Crippen molar-refractivity contribution < 1.29 is 9.53 Å². The van der Waals surface area contributed by atoms with Gasteiger partial charge >= 0.3 is 0 Å². The Bertz CT molecular complexity index is 254. The minimum absolute atomic E-state index is 0.164. The van der Waals surface area contributed by atoms with E-state index in [1.54, 1.807) is 0 Å². The van der Waals surface area contributed by atoms with Crippen LogP contribution in [-0.2, 0) is 9.53 Å². The summed E-state index contributed by atoms with van der Waals surface area (Å²) in [5, 5.41) is 4.14. The second-order valence-electron chi connectivity index (χ2n) is 5.25. The third-order valence-electron chi connectivity index (χ3n) is 4.01. The molecule has 1 aliphatic carbocycles. The number of carbonyl (C=O) groups is 1. The van der Waals surface area contributed by atoms with E-state index in [1.807, 2.05) is 0 Å². The summed E-state index contributed by atoms with van der Waals surface area (Å²) in [7, 11) is 0. The molecule has 3 nitrogen and oxygen atoms in total. The van der Waals surface area contributed by atoms with Gasteiger partial charge in [0.1, 0.15) is 0 Å². The predicted molar refractivity (Wildman–Crippen MR) is 71.2 cm³/mol. The highest BCUT2D eigenvalue weighted by Crippen LogP contribution is 2.32. The molecule has 0 aromatic heterocycles. The maximum atomic E-state index is 11.7. The summed E-state index contributed by atoms with van der Waals surface area (Å²) in [5.74, 6) is 1.58. The van der Waals surface area contributed by atoms with Crippen LogP contribution in [0.15, 0.2) is 0 Å². The van der Waals surface area contributed by atoms with E-state index in [1.165, 1.54) is 19.3 Å². The van der Waals surface area contributed by atoms with E-state index in [9.17, 15) is 4.79 Å². The summed E-state index contributed by atoms with van der Waals surface area (Å²) in [5.41, 5.74) is 0. The lowest BCUT2D eigenvalue weighted by Crippen LogP contribution is -2.33. The Balaban J connectivity index is 1.65. The Morgan fingerprint density at radius 1 is 1.24 bits per heavy atom. The van der Waals surface area contributed by atoms with Gasteiger partial charge in [0.05, 0.1) is 12.5 Å². The van der Waals surface area contributed by atoms with E-state index in [4.69, 9.17) is 4.74 Å². The van der Waals surface area contributed by atoms with Gasteiger partial charge in [-0.1, -0.05) is 22.4 Å². The molecule has 1 heterocycles. The van der Waals surface area contributed by atoms with Gasteiger partial charge < -0.3 is 10.1 Å². The number of amides is 1. The summed E-state index contributed by atoms with van der Waals surface area (Å²) in [4.78, 5) is 11.7.